The van der Waals surface area contributed by atoms with Crippen molar-refractivity contribution in [2.75, 3.05) is 13.7 Å². The molecule has 0 fully saturated rings. The molecule has 0 aromatic heterocycles. The maximum absolute atomic E-state index is 11.7. The second-order valence-electron chi connectivity index (χ2n) is 5.17. The Morgan fingerprint density at radius 3 is 2.43 bits per heavy atom. The van der Waals surface area contributed by atoms with E-state index in [1.165, 1.54) is 32.1 Å². The number of rotatable bonds is 10. The molecule has 0 aliphatic rings. The number of unbranched alkanes of at least 4 members (excludes halogenated alkanes) is 5. The molecule has 0 heterocycles. The molecule has 116 valence electrons. The van der Waals surface area contributed by atoms with Crippen molar-refractivity contribution in [1.82, 2.24) is 5.32 Å². The summed E-state index contributed by atoms with van der Waals surface area (Å²) in [6, 6.07) is 7.62. The van der Waals surface area contributed by atoms with Crippen LogP contribution in [0, 0.1) is 0 Å². The number of ether oxygens (including phenoxy) is 1. The number of amides is 1. The van der Waals surface area contributed by atoms with Gasteiger partial charge in [0.1, 0.15) is 5.75 Å². The highest BCUT2D eigenvalue weighted by Gasteiger charge is 1.96. The normalized spacial score (nSPS) is 10.8. The number of benzene rings is 1. The molecule has 1 N–H and O–H groups in total. The third-order valence-corrected chi connectivity index (χ3v) is 3.37. The lowest BCUT2D eigenvalue weighted by atomic mass is 10.1. The molecule has 0 aliphatic carbocycles. The van der Waals surface area contributed by atoms with Gasteiger partial charge in [-0.15, -0.1) is 0 Å². The summed E-state index contributed by atoms with van der Waals surface area (Å²) in [5.74, 6) is 0.791. The van der Waals surface area contributed by atoms with Crippen LogP contribution in [0.15, 0.2) is 30.3 Å². The number of carbonyl (C=O) groups excluding carboxylic acids is 1. The van der Waals surface area contributed by atoms with Crippen LogP contribution in [0.25, 0.3) is 6.08 Å². The molecule has 0 bridgehead atoms. The van der Waals surface area contributed by atoms with Crippen molar-refractivity contribution in [1.29, 1.82) is 0 Å². The van der Waals surface area contributed by atoms with Crippen LogP contribution in [0.2, 0.25) is 0 Å². The lowest BCUT2D eigenvalue weighted by Crippen LogP contribution is -2.21. The molecule has 21 heavy (non-hydrogen) atoms. The molecule has 0 saturated heterocycles. The second kappa shape index (κ2) is 11.0. The first-order valence-electron chi connectivity index (χ1n) is 7.86. The predicted molar refractivity (Wildman–Crippen MR) is 88.4 cm³/mol. The van der Waals surface area contributed by atoms with Crippen molar-refractivity contribution in [3.8, 4) is 5.75 Å². The lowest BCUT2D eigenvalue weighted by molar-refractivity contribution is -0.116. The van der Waals surface area contributed by atoms with Crippen LogP contribution in [0.3, 0.4) is 0 Å². The molecule has 0 atom stereocenters. The Kier molecular flexibility index (Phi) is 9.01. The molecule has 0 spiro atoms. The van der Waals surface area contributed by atoms with Gasteiger partial charge in [-0.1, -0.05) is 51.2 Å². The average molecular weight is 289 g/mol. The van der Waals surface area contributed by atoms with Crippen LogP contribution in [0.1, 0.15) is 51.0 Å². The zero-order valence-corrected chi connectivity index (χ0v) is 13.2. The lowest BCUT2D eigenvalue weighted by Gasteiger charge is -2.02. The van der Waals surface area contributed by atoms with E-state index >= 15 is 0 Å². The van der Waals surface area contributed by atoms with Crippen LogP contribution in [-0.2, 0) is 4.79 Å². The number of methoxy groups -OCH3 is 1. The van der Waals surface area contributed by atoms with Crippen molar-refractivity contribution < 1.29 is 9.53 Å². The van der Waals surface area contributed by atoms with E-state index in [-0.39, 0.29) is 5.91 Å². The third kappa shape index (κ3) is 8.18. The fourth-order valence-corrected chi connectivity index (χ4v) is 2.06. The van der Waals surface area contributed by atoms with Gasteiger partial charge >= 0.3 is 0 Å². The Bertz CT molecular complexity index is 423. The van der Waals surface area contributed by atoms with Crippen molar-refractivity contribution in [3.05, 3.63) is 35.9 Å². The highest BCUT2D eigenvalue weighted by molar-refractivity contribution is 5.91. The maximum Gasteiger partial charge on any atom is 0.243 e. The molecule has 1 rings (SSSR count). The van der Waals surface area contributed by atoms with E-state index in [2.05, 4.69) is 12.2 Å². The Balaban J connectivity index is 2.16. The van der Waals surface area contributed by atoms with Crippen LogP contribution >= 0.6 is 0 Å². The fraction of sp³-hybridized carbons (Fsp3) is 0.500. The third-order valence-electron chi connectivity index (χ3n) is 3.37. The number of carbonyl (C=O) groups is 1. The summed E-state index contributed by atoms with van der Waals surface area (Å²) in [6.07, 6.45) is 10.8. The summed E-state index contributed by atoms with van der Waals surface area (Å²) >= 11 is 0. The Labute approximate surface area is 128 Å². The van der Waals surface area contributed by atoms with Gasteiger partial charge < -0.3 is 10.1 Å². The van der Waals surface area contributed by atoms with Gasteiger partial charge in [0, 0.05) is 12.6 Å². The second-order valence-corrected chi connectivity index (χ2v) is 5.17. The highest BCUT2D eigenvalue weighted by atomic mass is 16.5. The topological polar surface area (TPSA) is 38.3 Å². The molecule has 0 unspecified atom stereocenters. The van der Waals surface area contributed by atoms with Crippen LogP contribution in [-0.4, -0.2) is 19.6 Å². The summed E-state index contributed by atoms with van der Waals surface area (Å²) in [5, 5.41) is 2.92. The summed E-state index contributed by atoms with van der Waals surface area (Å²) in [7, 11) is 1.64. The van der Waals surface area contributed by atoms with Crippen molar-refractivity contribution in [3.63, 3.8) is 0 Å². The summed E-state index contributed by atoms with van der Waals surface area (Å²) in [6.45, 7) is 2.98. The van der Waals surface area contributed by atoms with Gasteiger partial charge in [-0.3, -0.25) is 4.79 Å². The SMILES string of the molecule is CCCCCCCCNC(=O)C=Cc1ccc(OC)cc1. The minimum Gasteiger partial charge on any atom is -0.497 e. The molecular formula is C18H27NO2. The Hall–Kier alpha value is -1.77. The molecule has 1 amide bonds. The quantitative estimate of drug-likeness (QED) is 0.518. The van der Waals surface area contributed by atoms with E-state index in [0.29, 0.717) is 0 Å². The number of hydrogen-bond donors (Lipinski definition) is 1. The zero-order valence-electron chi connectivity index (χ0n) is 13.2. The minimum absolute atomic E-state index is 0.0284. The van der Waals surface area contributed by atoms with Gasteiger partial charge in [0.25, 0.3) is 0 Å². The van der Waals surface area contributed by atoms with Crippen LogP contribution in [0.5, 0.6) is 5.75 Å². The predicted octanol–water partition coefficient (Wildman–Crippen LogP) is 4.19. The van der Waals surface area contributed by atoms with Gasteiger partial charge in [0.2, 0.25) is 5.91 Å². The van der Waals surface area contributed by atoms with Crippen molar-refractivity contribution in [2.24, 2.45) is 0 Å². The van der Waals surface area contributed by atoms with Gasteiger partial charge in [0.15, 0.2) is 0 Å². The van der Waals surface area contributed by atoms with Crippen LogP contribution < -0.4 is 10.1 Å². The van der Waals surface area contributed by atoms with Gasteiger partial charge in [0.05, 0.1) is 7.11 Å². The number of nitrogens with one attached hydrogen (secondary N) is 1. The molecule has 0 saturated carbocycles. The van der Waals surface area contributed by atoms with Crippen molar-refractivity contribution in [2.45, 2.75) is 45.4 Å². The first kappa shape index (κ1) is 17.3. The van der Waals surface area contributed by atoms with E-state index in [9.17, 15) is 4.79 Å². The summed E-state index contributed by atoms with van der Waals surface area (Å²) in [4.78, 5) is 11.7. The molecule has 0 aliphatic heterocycles. The van der Waals surface area contributed by atoms with E-state index in [1.54, 1.807) is 13.2 Å². The monoisotopic (exact) mass is 289 g/mol. The first-order valence-corrected chi connectivity index (χ1v) is 7.86. The smallest absolute Gasteiger partial charge is 0.243 e. The van der Waals surface area contributed by atoms with Gasteiger partial charge in [-0.05, 0) is 30.2 Å². The van der Waals surface area contributed by atoms with Crippen molar-refractivity contribution >= 4 is 12.0 Å². The molecule has 1 aromatic carbocycles. The van der Waals surface area contributed by atoms with Gasteiger partial charge in [-0.2, -0.15) is 0 Å². The maximum atomic E-state index is 11.7. The highest BCUT2D eigenvalue weighted by Crippen LogP contribution is 2.12. The Morgan fingerprint density at radius 1 is 1.10 bits per heavy atom. The standard InChI is InChI=1S/C18H27NO2/c1-3-4-5-6-7-8-15-19-18(20)14-11-16-9-12-17(21-2)13-10-16/h9-14H,3-8,15H2,1-2H3,(H,19,20). The number of hydrogen-bond acceptors (Lipinski definition) is 2. The van der Waals surface area contributed by atoms with Gasteiger partial charge in [-0.25, -0.2) is 0 Å². The first-order chi connectivity index (χ1) is 10.3. The van der Waals surface area contributed by atoms with E-state index in [0.717, 1.165) is 24.3 Å². The largest absolute Gasteiger partial charge is 0.497 e. The van der Waals surface area contributed by atoms with E-state index in [4.69, 9.17) is 4.74 Å². The van der Waals surface area contributed by atoms with E-state index in [1.807, 2.05) is 30.3 Å². The van der Waals surface area contributed by atoms with E-state index < -0.39 is 0 Å². The molecule has 1 aromatic rings. The van der Waals surface area contributed by atoms with Crippen LogP contribution in [0.4, 0.5) is 0 Å². The fourth-order valence-electron chi connectivity index (χ4n) is 2.06. The molecule has 3 heteroatoms. The summed E-state index contributed by atoms with van der Waals surface area (Å²) in [5.41, 5.74) is 0.991. The summed E-state index contributed by atoms with van der Waals surface area (Å²) < 4.78 is 5.09. The molecular weight excluding hydrogens is 262 g/mol. The molecule has 0 radical (unpaired) electrons. The minimum atomic E-state index is -0.0284. The zero-order chi connectivity index (χ0) is 15.3. The Morgan fingerprint density at radius 2 is 1.76 bits per heavy atom. The average Bonchev–Trinajstić information content (AvgIpc) is 2.52. The molecule has 3 nitrogen and oxygen atoms in total.